The van der Waals surface area contributed by atoms with Gasteiger partial charge in [-0.3, -0.25) is 5.32 Å². The van der Waals surface area contributed by atoms with E-state index in [9.17, 15) is 4.79 Å². The summed E-state index contributed by atoms with van der Waals surface area (Å²) < 4.78 is 4.99. The Kier molecular flexibility index (Phi) is 4.73. The first kappa shape index (κ1) is 12.5. The quantitative estimate of drug-likeness (QED) is 0.468. The maximum absolute atomic E-state index is 10.9. The lowest BCUT2D eigenvalue weighted by Crippen LogP contribution is -2.30. The fraction of sp³-hybridized carbons (Fsp3) is 0.308. The van der Waals surface area contributed by atoms with E-state index < -0.39 is 5.97 Å². The molecule has 1 unspecified atom stereocenters. The van der Waals surface area contributed by atoms with Gasteiger partial charge in [-0.1, -0.05) is 30.8 Å². The van der Waals surface area contributed by atoms with E-state index in [1.54, 1.807) is 6.92 Å². The summed E-state index contributed by atoms with van der Waals surface area (Å²) in [5.41, 5.74) is 2.42. The molecule has 1 atom stereocenters. The fourth-order valence-electron chi connectivity index (χ4n) is 1.33. The van der Waals surface area contributed by atoms with Crippen molar-refractivity contribution in [3.05, 3.63) is 48.0 Å². The van der Waals surface area contributed by atoms with Crippen LogP contribution in [0, 0.1) is 6.92 Å². The second-order valence-electron chi connectivity index (χ2n) is 3.59. The highest BCUT2D eigenvalue weighted by Crippen LogP contribution is 2.06. The van der Waals surface area contributed by atoms with Crippen LogP contribution in [0.2, 0.25) is 0 Å². The van der Waals surface area contributed by atoms with Crippen molar-refractivity contribution in [1.29, 1.82) is 0 Å². The third-order valence-corrected chi connectivity index (χ3v) is 2.30. The average Bonchev–Trinajstić information content (AvgIpc) is 2.28. The largest absolute Gasteiger partial charge is 0.444 e. The fourth-order valence-corrected chi connectivity index (χ4v) is 1.33. The first-order valence-electron chi connectivity index (χ1n) is 5.24. The molecule has 0 aliphatic heterocycles. The molecule has 0 aliphatic carbocycles. The molecule has 0 heterocycles. The van der Waals surface area contributed by atoms with E-state index in [1.165, 1.54) is 11.1 Å². The molecule has 0 saturated heterocycles. The van der Waals surface area contributed by atoms with Crippen LogP contribution in [0.4, 0.5) is 0 Å². The van der Waals surface area contributed by atoms with Crippen molar-refractivity contribution in [1.82, 2.24) is 5.32 Å². The molecule has 1 aromatic rings. The molecule has 1 N–H and O–H groups in total. The normalized spacial score (nSPS) is 11.9. The van der Waals surface area contributed by atoms with E-state index in [1.807, 2.05) is 18.2 Å². The predicted octanol–water partition coefficient (Wildman–Crippen LogP) is 2.16. The average molecular weight is 219 g/mol. The Bertz CT molecular complexity index is 374. The SMILES string of the molecule is C=CC(=O)OC(C)NCc1ccccc1C. The van der Waals surface area contributed by atoms with Crippen LogP contribution in [0.5, 0.6) is 0 Å². The highest BCUT2D eigenvalue weighted by atomic mass is 16.6. The van der Waals surface area contributed by atoms with Gasteiger partial charge in [-0.2, -0.15) is 0 Å². The van der Waals surface area contributed by atoms with Crippen LogP contribution >= 0.6 is 0 Å². The van der Waals surface area contributed by atoms with Gasteiger partial charge in [0.25, 0.3) is 0 Å². The van der Waals surface area contributed by atoms with Crippen molar-refractivity contribution in [3.8, 4) is 0 Å². The molecule has 86 valence electrons. The maximum Gasteiger partial charge on any atom is 0.331 e. The zero-order valence-corrected chi connectivity index (χ0v) is 9.69. The third kappa shape index (κ3) is 3.87. The van der Waals surface area contributed by atoms with Gasteiger partial charge < -0.3 is 4.74 Å². The minimum Gasteiger partial charge on any atom is -0.444 e. The Labute approximate surface area is 96.1 Å². The number of hydrogen-bond acceptors (Lipinski definition) is 3. The van der Waals surface area contributed by atoms with E-state index in [0.29, 0.717) is 6.54 Å². The molecule has 0 amide bonds. The minimum absolute atomic E-state index is 0.315. The van der Waals surface area contributed by atoms with Crippen LogP contribution in [0.3, 0.4) is 0 Å². The predicted molar refractivity (Wildman–Crippen MR) is 63.8 cm³/mol. The minimum atomic E-state index is -0.412. The van der Waals surface area contributed by atoms with Gasteiger partial charge in [0.15, 0.2) is 6.23 Å². The van der Waals surface area contributed by atoms with Crippen molar-refractivity contribution < 1.29 is 9.53 Å². The maximum atomic E-state index is 10.9. The molecule has 0 fully saturated rings. The lowest BCUT2D eigenvalue weighted by molar-refractivity contribution is -0.143. The summed E-state index contributed by atoms with van der Waals surface area (Å²) in [6, 6.07) is 8.09. The van der Waals surface area contributed by atoms with Gasteiger partial charge in [0, 0.05) is 12.6 Å². The van der Waals surface area contributed by atoms with Gasteiger partial charge in [0.05, 0.1) is 0 Å². The summed E-state index contributed by atoms with van der Waals surface area (Å²) >= 11 is 0. The molecule has 0 radical (unpaired) electrons. The number of esters is 1. The number of rotatable bonds is 5. The number of aryl methyl sites for hydroxylation is 1. The van der Waals surface area contributed by atoms with E-state index in [2.05, 4.69) is 24.9 Å². The van der Waals surface area contributed by atoms with Crippen LogP contribution in [-0.2, 0) is 16.1 Å². The molecule has 0 bridgehead atoms. The number of ether oxygens (including phenoxy) is 1. The van der Waals surface area contributed by atoms with E-state index >= 15 is 0 Å². The van der Waals surface area contributed by atoms with Crippen LogP contribution in [0.15, 0.2) is 36.9 Å². The molecule has 1 rings (SSSR count). The Morgan fingerprint density at radius 1 is 1.56 bits per heavy atom. The third-order valence-electron chi connectivity index (χ3n) is 2.30. The zero-order valence-electron chi connectivity index (χ0n) is 9.69. The van der Waals surface area contributed by atoms with Crippen LogP contribution in [0.1, 0.15) is 18.1 Å². The molecule has 0 saturated carbocycles. The summed E-state index contributed by atoms with van der Waals surface area (Å²) in [6.45, 7) is 7.87. The van der Waals surface area contributed by atoms with E-state index in [4.69, 9.17) is 4.74 Å². The summed E-state index contributed by atoms with van der Waals surface area (Å²) in [4.78, 5) is 10.9. The van der Waals surface area contributed by atoms with Crippen LogP contribution < -0.4 is 5.32 Å². The molecule has 3 nitrogen and oxygen atoms in total. The van der Waals surface area contributed by atoms with Crippen LogP contribution in [0.25, 0.3) is 0 Å². The van der Waals surface area contributed by atoms with Gasteiger partial charge >= 0.3 is 5.97 Å². The zero-order chi connectivity index (χ0) is 12.0. The first-order chi connectivity index (χ1) is 7.63. The Hall–Kier alpha value is -1.61. The highest BCUT2D eigenvalue weighted by molar-refractivity contribution is 5.81. The molecule has 0 aliphatic rings. The lowest BCUT2D eigenvalue weighted by Gasteiger charge is -2.14. The molecule has 16 heavy (non-hydrogen) atoms. The van der Waals surface area contributed by atoms with Gasteiger partial charge in [-0.15, -0.1) is 0 Å². The van der Waals surface area contributed by atoms with Gasteiger partial charge in [-0.25, -0.2) is 4.79 Å². The van der Waals surface area contributed by atoms with Crippen molar-refractivity contribution in [2.24, 2.45) is 0 Å². The standard InChI is InChI=1S/C13H17NO2/c1-4-13(15)16-11(3)14-9-12-8-6-5-7-10(12)2/h4-8,11,14H,1,9H2,2-3H3. The monoisotopic (exact) mass is 219 g/mol. The Morgan fingerprint density at radius 3 is 2.88 bits per heavy atom. The topological polar surface area (TPSA) is 38.3 Å². The highest BCUT2D eigenvalue weighted by Gasteiger charge is 2.05. The second kappa shape index (κ2) is 6.08. The number of benzene rings is 1. The molecular formula is C13H17NO2. The van der Waals surface area contributed by atoms with E-state index in [0.717, 1.165) is 6.08 Å². The number of carbonyl (C=O) groups is 1. The van der Waals surface area contributed by atoms with Crippen molar-refractivity contribution >= 4 is 5.97 Å². The summed E-state index contributed by atoms with van der Waals surface area (Å²) in [5, 5.41) is 3.11. The van der Waals surface area contributed by atoms with E-state index in [-0.39, 0.29) is 6.23 Å². The molecule has 0 spiro atoms. The first-order valence-corrected chi connectivity index (χ1v) is 5.24. The Balaban J connectivity index is 2.43. The van der Waals surface area contributed by atoms with Crippen molar-refractivity contribution in [2.75, 3.05) is 0 Å². The van der Waals surface area contributed by atoms with Gasteiger partial charge in [0.2, 0.25) is 0 Å². The van der Waals surface area contributed by atoms with Gasteiger partial charge in [-0.05, 0) is 25.0 Å². The smallest absolute Gasteiger partial charge is 0.331 e. The molecule has 1 aromatic carbocycles. The number of nitrogens with one attached hydrogen (secondary N) is 1. The molecule has 0 aromatic heterocycles. The summed E-state index contributed by atoms with van der Waals surface area (Å²) in [6.07, 6.45) is 0.844. The number of hydrogen-bond donors (Lipinski definition) is 1. The van der Waals surface area contributed by atoms with Crippen molar-refractivity contribution in [2.45, 2.75) is 26.6 Å². The molecular weight excluding hydrogens is 202 g/mol. The summed E-state index contributed by atoms with van der Waals surface area (Å²) in [7, 11) is 0. The van der Waals surface area contributed by atoms with Crippen LogP contribution in [-0.4, -0.2) is 12.2 Å². The number of carbonyl (C=O) groups excluding carboxylic acids is 1. The Morgan fingerprint density at radius 2 is 2.25 bits per heavy atom. The molecule has 3 heteroatoms. The van der Waals surface area contributed by atoms with Crippen molar-refractivity contribution in [3.63, 3.8) is 0 Å². The second-order valence-corrected chi connectivity index (χ2v) is 3.59. The van der Waals surface area contributed by atoms with Gasteiger partial charge in [0.1, 0.15) is 0 Å². The summed E-state index contributed by atoms with van der Waals surface area (Å²) in [5.74, 6) is -0.412. The lowest BCUT2D eigenvalue weighted by atomic mass is 10.1.